The molecule has 1 heterocycles. The molecule has 0 amide bonds. The van der Waals surface area contributed by atoms with Crippen molar-refractivity contribution in [1.82, 2.24) is 10.2 Å². The van der Waals surface area contributed by atoms with Gasteiger partial charge in [-0.2, -0.15) is 0 Å². The van der Waals surface area contributed by atoms with Gasteiger partial charge >= 0.3 is 0 Å². The van der Waals surface area contributed by atoms with E-state index in [-0.39, 0.29) is 0 Å². The molecule has 3 heteroatoms. The van der Waals surface area contributed by atoms with Gasteiger partial charge in [0.2, 0.25) is 0 Å². The van der Waals surface area contributed by atoms with E-state index in [0.717, 1.165) is 37.2 Å². The van der Waals surface area contributed by atoms with Gasteiger partial charge in [0.15, 0.2) is 0 Å². The van der Waals surface area contributed by atoms with Crippen molar-refractivity contribution in [3.8, 4) is 0 Å². The van der Waals surface area contributed by atoms with Crippen LogP contribution >= 0.6 is 0 Å². The smallest absolute Gasteiger partial charge is 0.118 e. The van der Waals surface area contributed by atoms with Crippen LogP contribution in [0.2, 0.25) is 0 Å². The molecule has 2 rings (SSSR count). The SMILES string of the molecule is CCN(Cc1cc(CNC(C)C)oc1C)C1CCCC1. The minimum atomic E-state index is 0.495. The van der Waals surface area contributed by atoms with Crippen molar-refractivity contribution in [3.63, 3.8) is 0 Å². The summed E-state index contributed by atoms with van der Waals surface area (Å²) in [5, 5.41) is 3.42. The predicted octanol–water partition coefficient (Wildman–Crippen LogP) is 3.85. The van der Waals surface area contributed by atoms with E-state index >= 15 is 0 Å². The first kappa shape index (κ1) is 15.6. The molecule has 1 N–H and O–H groups in total. The Bertz CT molecular complexity index is 405. The monoisotopic (exact) mass is 278 g/mol. The maximum Gasteiger partial charge on any atom is 0.118 e. The molecule has 0 aliphatic heterocycles. The fourth-order valence-corrected chi connectivity index (χ4v) is 3.12. The Morgan fingerprint density at radius 2 is 2.05 bits per heavy atom. The summed E-state index contributed by atoms with van der Waals surface area (Å²) >= 11 is 0. The highest BCUT2D eigenvalue weighted by Crippen LogP contribution is 2.26. The lowest BCUT2D eigenvalue weighted by molar-refractivity contribution is 0.199. The summed E-state index contributed by atoms with van der Waals surface area (Å²) in [6, 6.07) is 3.52. The highest BCUT2D eigenvalue weighted by molar-refractivity contribution is 5.21. The zero-order valence-corrected chi connectivity index (χ0v) is 13.5. The highest BCUT2D eigenvalue weighted by Gasteiger charge is 2.22. The first-order chi connectivity index (χ1) is 9.60. The molecule has 0 saturated heterocycles. The van der Waals surface area contributed by atoms with Gasteiger partial charge in [0.25, 0.3) is 0 Å². The minimum Gasteiger partial charge on any atom is -0.465 e. The van der Waals surface area contributed by atoms with E-state index in [9.17, 15) is 0 Å². The Kier molecular flexibility index (Phi) is 5.67. The molecule has 0 spiro atoms. The average molecular weight is 278 g/mol. The second-order valence-corrected chi connectivity index (χ2v) is 6.33. The fraction of sp³-hybridized carbons (Fsp3) is 0.765. The van der Waals surface area contributed by atoms with E-state index < -0.39 is 0 Å². The van der Waals surface area contributed by atoms with Gasteiger partial charge in [-0.15, -0.1) is 0 Å². The van der Waals surface area contributed by atoms with Gasteiger partial charge in [0.1, 0.15) is 11.5 Å². The van der Waals surface area contributed by atoms with Gasteiger partial charge in [0.05, 0.1) is 6.54 Å². The number of nitrogens with one attached hydrogen (secondary N) is 1. The molecule has 0 atom stereocenters. The Balaban J connectivity index is 1.96. The summed E-state index contributed by atoms with van der Waals surface area (Å²) in [6.07, 6.45) is 5.53. The molecule has 0 bridgehead atoms. The fourth-order valence-electron chi connectivity index (χ4n) is 3.12. The Labute approximate surface area is 123 Å². The summed E-state index contributed by atoms with van der Waals surface area (Å²) in [5.41, 5.74) is 1.36. The number of hydrogen-bond donors (Lipinski definition) is 1. The topological polar surface area (TPSA) is 28.4 Å². The lowest BCUT2D eigenvalue weighted by atomic mass is 10.1. The molecule has 1 aromatic rings. The van der Waals surface area contributed by atoms with Crippen molar-refractivity contribution < 1.29 is 4.42 Å². The van der Waals surface area contributed by atoms with E-state index in [4.69, 9.17) is 4.42 Å². The zero-order valence-electron chi connectivity index (χ0n) is 13.5. The van der Waals surface area contributed by atoms with Crippen LogP contribution in [-0.2, 0) is 13.1 Å². The first-order valence-corrected chi connectivity index (χ1v) is 8.15. The number of nitrogens with zero attached hydrogens (tertiary/aromatic N) is 1. The molecule has 20 heavy (non-hydrogen) atoms. The second kappa shape index (κ2) is 7.28. The van der Waals surface area contributed by atoms with E-state index in [1.165, 1.54) is 31.2 Å². The maximum absolute atomic E-state index is 5.88. The molecule has 1 fully saturated rings. The van der Waals surface area contributed by atoms with E-state index in [2.05, 4.69) is 44.0 Å². The highest BCUT2D eigenvalue weighted by atomic mass is 16.3. The number of rotatable bonds is 7. The molecule has 0 unspecified atom stereocenters. The molecule has 114 valence electrons. The van der Waals surface area contributed by atoms with Crippen molar-refractivity contribution in [2.24, 2.45) is 0 Å². The van der Waals surface area contributed by atoms with E-state index in [0.29, 0.717) is 6.04 Å². The Hall–Kier alpha value is -0.800. The molecule has 1 aromatic heterocycles. The Morgan fingerprint density at radius 3 is 2.65 bits per heavy atom. The molecular weight excluding hydrogens is 248 g/mol. The first-order valence-electron chi connectivity index (χ1n) is 8.15. The zero-order chi connectivity index (χ0) is 14.5. The molecule has 0 radical (unpaired) electrons. The van der Waals surface area contributed by atoms with Crippen LogP contribution in [0.5, 0.6) is 0 Å². The number of furan rings is 1. The van der Waals surface area contributed by atoms with Crippen molar-refractivity contribution in [2.45, 2.75) is 78.6 Å². The summed E-state index contributed by atoms with van der Waals surface area (Å²) < 4.78 is 5.88. The lowest BCUT2D eigenvalue weighted by Crippen LogP contribution is -2.32. The van der Waals surface area contributed by atoms with Crippen LogP contribution in [0.15, 0.2) is 10.5 Å². The van der Waals surface area contributed by atoms with E-state index in [1.54, 1.807) is 0 Å². The number of hydrogen-bond acceptors (Lipinski definition) is 3. The van der Waals surface area contributed by atoms with Gasteiger partial charge in [0, 0.05) is 24.2 Å². The van der Waals surface area contributed by atoms with Gasteiger partial charge in [-0.1, -0.05) is 33.6 Å². The van der Waals surface area contributed by atoms with Crippen molar-refractivity contribution in [1.29, 1.82) is 0 Å². The number of aryl methyl sites for hydroxylation is 1. The predicted molar refractivity (Wildman–Crippen MR) is 83.8 cm³/mol. The van der Waals surface area contributed by atoms with Crippen LogP contribution in [0.25, 0.3) is 0 Å². The van der Waals surface area contributed by atoms with Crippen LogP contribution in [0.4, 0.5) is 0 Å². The molecule has 1 saturated carbocycles. The second-order valence-electron chi connectivity index (χ2n) is 6.33. The van der Waals surface area contributed by atoms with Gasteiger partial charge in [-0.25, -0.2) is 0 Å². The van der Waals surface area contributed by atoms with Crippen LogP contribution in [0.3, 0.4) is 0 Å². The van der Waals surface area contributed by atoms with Crippen molar-refractivity contribution in [3.05, 3.63) is 23.2 Å². The maximum atomic E-state index is 5.88. The standard InChI is InChI=1S/C17H30N2O/c1-5-19(16-8-6-7-9-16)12-15-10-17(20-14(15)4)11-18-13(2)3/h10,13,16,18H,5-9,11-12H2,1-4H3. The largest absolute Gasteiger partial charge is 0.465 e. The molecule has 1 aliphatic carbocycles. The van der Waals surface area contributed by atoms with Crippen molar-refractivity contribution >= 4 is 0 Å². The normalized spacial score (nSPS) is 16.7. The molecule has 0 aromatic carbocycles. The van der Waals surface area contributed by atoms with E-state index in [1.807, 2.05) is 0 Å². The molecule has 3 nitrogen and oxygen atoms in total. The summed E-state index contributed by atoms with van der Waals surface area (Å²) in [7, 11) is 0. The van der Waals surface area contributed by atoms with Gasteiger partial charge in [-0.05, 0) is 32.4 Å². The average Bonchev–Trinajstić information content (AvgIpc) is 3.03. The third-order valence-electron chi connectivity index (χ3n) is 4.38. The lowest BCUT2D eigenvalue weighted by Gasteiger charge is -2.27. The van der Waals surface area contributed by atoms with Crippen LogP contribution in [-0.4, -0.2) is 23.5 Å². The third-order valence-corrected chi connectivity index (χ3v) is 4.38. The van der Waals surface area contributed by atoms with Gasteiger partial charge in [-0.3, -0.25) is 4.90 Å². The van der Waals surface area contributed by atoms with Crippen LogP contribution in [0, 0.1) is 6.92 Å². The quantitative estimate of drug-likeness (QED) is 0.821. The summed E-state index contributed by atoms with van der Waals surface area (Å²) in [6.45, 7) is 11.7. The van der Waals surface area contributed by atoms with Crippen LogP contribution < -0.4 is 5.32 Å². The molecule has 1 aliphatic rings. The molecular formula is C17H30N2O. The summed E-state index contributed by atoms with van der Waals surface area (Å²) in [4.78, 5) is 2.62. The minimum absolute atomic E-state index is 0.495. The third kappa shape index (κ3) is 4.10. The summed E-state index contributed by atoms with van der Waals surface area (Å²) in [5.74, 6) is 2.15. The Morgan fingerprint density at radius 1 is 1.35 bits per heavy atom. The van der Waals surface area contributed by atoms with Crippen LogP contribution in [0.1, 0.15) is 63.5 Å². The van der Waals surface area contributed by atoms with Gasteiger partial charge < -0.3 is 9.73 Å². The van der Waals surface area contributed by atoms with Crippen molar-refractivity contribution in [2.75, 3.05) is 6.54 Å².